The van der Waals surface area contributed by atoms with E-state index < -0.39 is 0 Å². The van der Waals surface area contributed by atoms with Gasteiger partial charge in [-0.2, -0.15) is 0 Å². The fraction of sp³-hybridized carbons (Fsp3) is 0.923. The Balaban J connectivity index is 3.44. The van der Waals surface area contributed by atoms with E-state index in [4.69, 9.17) is 0 Å². The van der Waals surface area contributed by atoms with Crippen molar-refractivity contribution in [1.82, 2.24) is 0 Å². The van der Waals surface area contributed by atoms with E-state index in [1.54, 1.807) is 0 Å². The fourth-order valence-electron chi connectivity index (χ4n) is 1.69. The van der Waals surface area contributed by atoms with Gasteiger partial charge in [-0.25, -0.2) is 0 Å². The van der Waals surface area contributed by atoms with Gasteiger partial charge < -0.3 is 0 Å². The monoisotopic (exact) mass is 183 g/mol. The highest BCUT2D eigenvalue weighted by molar-refractivity contribution is 4.69. The normalized spacial score (nSPS) is 14.5. The van der Waals surface area contributed by atoms with Crippen molar-refractivity contribution in [3.05, 3.63) is 6.92 Å². The molecule has 1 radical (unpaired) electrons. The molecule has 0 aromatic rings. The molecule has 0 aromatic heterocycles. The summed E-state index contributed by atoms with van der Waals surface area (Å²) in [6.45, 7) is 13.3. The topological polar surface area (TPSA) is 0 Å². The Morgan fingerprint density at radius 1 is 1.23 bits per heavy atom. The van der Waals surface area contributed by atoms with Crippen molar-refractivity contribution < 1.29 is 0 Å². The predicted octanol–water partition coefficient (Wildman–Crippen LogP) is 4.84. The highest BCUT2D eigenvalue weighted by Gasteiger charge is 2.14. The first kappa shape index (κ1) is 13.0. The minimum absolute atomic E-state index is 0.464. The lowest BCUT2D eigenvalue weighted by molar-refractivity contribution is 0.308. The summed E-state index contributed by atoms with van der Waals surface area (Å²) in [6.07, 6.45) is 7.91. The zero-order valence-electron chi connectivity index (χ0n) is 10.0. The quantitative estimate of drug-likeness (QED) is 0.529. The average molecular weight is 183 g/mol. The van der Waals surface area contributed by atoms with Crippen molar-refractivity contribution in [2.75, 3.05) is 0 Å². The van der Waals surface area contributed by atoms with Crippen LogP contribution in [0.1, 0.15) is 66.2 Å². The third kappa shape index (κ3) is 7.10. The second kappa shape index (κ2) is 6.45. The molecule has 79 valence electrons. The molecule has 0 aliphatic heterocycles. The molecule has 0 saturated heterocycles. The van der Waals surface area contributed by atoms with Gasteiger partial charge in [0, 0.05) is 0 Å². The van der Waals surface area contributed by atoms with E-state index in [1.807, 2.05) is 0 Å². The van der Waals surface area contributed by atoms with Gasteiger partial charge in [0.2, 0.25) is 0 Å². The van der Waals surface area contributed by atoms with Crippen molar-refractivity contribution >= 4 is 0 Å². The molecule has 0 heterocycles. The van der Waals surface area contributed by atoms with E-state index in [9.17, 15) is 0 Å². The van der Waals surface area contributed by atoms with Gasteiger partial charge in [0.05, 0.1) is 0 Å². The lowest BCUT2D eigenvalue weighted by Gasteiger charge is -2.23. The summed E-state index contributed by atoms with van der Waals surface area (Å²) in [5.74, 6) is 0.922. The van der Waals surface area contributed by atoms with Crippen molar-refractivity contribution in [2.24, 2.45) is 11.3 Å². The zero-order chi connectivity index (χ0) is 10.3. The lowest BCUT2D eigenvalue weighted by Crippen LogP contribution is -2.09. The van der Waals surface area contributed by atoms with Crippen LogP contribution in [-0.2, 0) is 0 Å². The van der Waals surface area contributed by atoms with Crippen LogP contribution in [0, 0.1) is 18.3 Å². The number of hydrogen-bond donors (Lipinski definition) is 0. The smallest absolute Gasteiger partial charge is 0.0354 e. The maximum Gasteiger partial charge on any atom is -0.0354 e. The summed E-state index contributed by atoms with van der Waals surface area (Å²) in [5.41, 5.74) is 0.464. The molecule has 0 aliphatic rings. The Kier molecular flexibility index (Phi) is 6.45. The molecule has 1 atom stereocenters. The lowest BCUT2D eigenvalue weighted by atomic mass is 9.83. The molecular weight excluding hydrogens is 156 g/mol. The molecule has 0 heteroatoms. The van der Waals surface area contributed by atoms with Gasteiger partial charge in [-0.05, 0) is 24.2 Å². The van der Waals surface area contributed by atoms with E-state index in [1.165, 1.54) is 32.1 Å². The van der Waals surface area contributed by atoms with Gasteiger partial charge in [0.25, 0.3) is 0 Å². The molecule has 0 bridgehead atoms. The van der Waals surface area contributed by atoms with Crippen LogP contribution >= 0.6 is 0 Å². The molecule has 0 N–H and O–H groups in total. The van der Waals surface area contributed by atoms with Gasteiger partial charge in [-0.1, -0.05) is 60.3 Å². The van der Waals surface area contributed by atoms with E-state index in [0.717, 1.165) is 12.3 Å². The summed E-state index contributed by atoms with van der Waals surface area (Å²) >= 11 is 0. The second-order valence-corrected chi connectivity index (χ2v) is 5.20. The molecule has 1 unspecified atom stereocenters. The first-order chi connectivity index (χ1) is 6.02. The molecule has 13 heavy (non-hydrogen) atoms. The zero-order valence-corrected chi connectivity index (χ0v) is 10.0. The van der Waals surface area contributed by atoms with Crippen LogP contribution < -0.4 is 0 Å². The SMILES string of the molecule is [CH2]CC(C)(C)CCCC(C)CCC. The summed E-state index contributed by atoms with van der Waals surface area (Å²) in [6, 6.07) is 0. The van der Waals surface area contributed by atoms with Crippen molar-refractivity contribution in [1.29, 1.82) is 0 Å². The van der Waals surface area contributed by atoms with Crippen LogP contribution in [-0.4, -0.2) is 0 Å². The predicted molar refractivity (Wildman–Crippen MR) is 61.7 cm³/mol. The van der Waals surface area contributed by atoms with E-state index in [0.29, 0.717) is 5.41 Å². The highest BCUT2D eigenvalue weighted by Crippen LogP contribution is 2.28. The van der Waals surface area contributed by atoms with Crippen molar-refractivity contribution in [3.63, 3.8) is 0 Å². The fourth-order valence-corrected chi connectivity index (χ4v) is 1.69. The number of rotatable bonds is 7. The van der Waals surface area contributed by atoms with Crippen LogP contribution in [0.25, 0.3) is 0 Å². The highest BCUT2D eigenvalue weighted by atomic mass is 14.2. The Hall–Kier alpha value is 0. The van der Waals surface area contributed by atoms with Crippen LogP contribution in [0.2, 0.25) is 0 Å². The van der Waals surface area contributed by atoms with Crippen LogP contribution in [0.4, 0.5) is 0 Å². The Morgan fingerprint density at radius 2 is 1.85 bits per heavy atom. The molecule has 0 saturated carbocycles. The molecule has 0 fully saturated rings. The third-order valence-electron chi connectivity index (χ3n) is 3.01. The Morgan fingerprint density at radius 3 is 2.31 bits per heavy atom. The van der Waals surface area contributed by atoms with Gasteiger partial charge >= 0.3 is 0 Å². The standard InChI is InChI=1S/C13H27/c1-6-9-12(3)10-8-11-13(4,5)7-2/h12H,2,6-11H2,1,3-5H3. The second-order valence-electron chi connectivity index (χ2n) is 5.20. The molecule has 0 amide bonds. The molecule has 0 aliphatic carbocycles. The van der Waals surface area contributed by atoms with Gasteiger partial charge in [-0.15, -0.1) is 0 Å². The van der Waals surface area contributed by atoms with E-state index >= 15 is 0 Å². The van der Waals surface area contributed by atoms with E-state index in [2.05, 4.69) is 34.6 Å². The minimum Gasteiger partial charge on any atom is -0.0654 e. The molecular formula is C13H27. The summed E-state index contributed by atoms with van der Waals surface area (Å²) in [7, 11) is 0. The summed E-state index contributed by atoms with van der Waals surface area (Å²) in [4.78, 5) is 0. The maximum atomic E-state index is 3.99. The van der Waals surface area contributed by atoms with Crippen molar-refractivity contribution in [3.8, 4) is 0 Å². The van der Waals surface area contributed by atoms with Gasteiger partial charge in [0.1, 0.15) is 0 Å². The number of hydrogen-bond acceptors (Lipinski definition) is 0. The molecule has 0 rings (SSSR count). The molecule has 0 aromatic carbocycles. The van der Waals surface area contributed by atoms with Crippen molar-refractivity contribution in [2.45, 2.75) is 66.2 Å². The van der Waals surface area contributed by atoms with Crippen LogP contribution in [0.15, 0.2) is 0 Å². The minimum atomic E-state index is 0.464. The average Bonchev–Trinajstić information content (AvgIpc) is 2.05. The summed E-state index contributed by atoms with van der Waals surface area (Å²) < 4.78 is 0. The molecule has 0 nitrogen and oxygen atoms in total. The first-order valence-corrected chi connectivity index (χ1v) is 5.81. The first-order valence-electron chi connectivity index (χ1n) is 5.81. The Bertz CT molecular complexity index is 113. The van der Waals surface area contributed by atoms with Crippen LogP contribution in [0.5, 0.6) is 0 Å². The Labute approximate surface area is 85.1 Å². The molecule has 0 spiro atoms. The van der Waals surface area contributed by atoms with Crippen LogP contribution in [0.3, 0.4) is 0 Å². The summed E-state index contributed by atoms with van der Waals surface area (Å²) in [5, 5.41) is 0. The maximum absolute atomic E-state index is 3.99. The third-order valence-corrected chi connectivity index (χ3v) is 3.01. The van der Waals surface area contributed by atoms with Gasteiger partial charge in [0.15, 0.2) is 0 Å². The largest absolute Gasteiger partial charge is 0.0654 e. The van der Waals surface area contributed by atoms with Gasteiger partial charge in [-0.3, -0.25) is 0 Å². The van der Waals surface area contributed by atoms with E-state index in [-0.39, 0.29) is 0 Å².